The molecule has 0 aromatic carbocycles. The molecule has 9 heteroatoms. The molecule has 1 aliphatic carbocycles. The van der Waals surface area contributed by atoms with Crippen LogP contribution in [0.4, 0.5) is 0 Å². The number of amides is 1. The molecule has 0 bridgehead atoms. The first-order valence-corrected chi connectivity index (χ1v) is 10.5. The van der Waals surface area contributed by atoms with Gasteiger partial charge in [-0.1, -0.05) is 12.8 Å². The highest BCUT2D eigenvalue weighted by atomic mass is 32.1. The highest BCUT2D eigenvalue weighted by molar-refractivity contribution is 7.12. The number of nitrogens with zero attached hydrogens (tertiary/aromatic N) is 4. The van der Waals surface area contributed by atoms with Crippen LogP contribution in [-0.4, -0.2) is 42.8 Å². The second-order valence-corrected chi connectivity index (χ2v) is 8.30. The molecule has 1 fully saturated rings. The molecule has 29 heavy (non-hydrogen) atoms. The molecule has 4 aromatic rings. The molecular weight excluding hydrogens is 386 g/mol. The first-order chi connectivity index (χ1) is 14.2. The van der Waals surface area contributed by atoms with Gasteiger partial charge >= 0.3 is 0 Å². The smallest absolute Gasteiger partial charge is 0.261 e. The lowest BCUT2D eigenvalue weighted by Gasteiger charge is -2.29. The van der Waals surface area contributed by atoms with E-state index in [1.165, 1.54) is 11.3 Å². The van der Waals surface area contributed by atoms with Crippen LogP contribution >= 0.6 is 11.3 Å². The highest BCUT2D eigenvalue weighted by Crippen LogP contribution is 2.29. The number of nitrogens with one attached hydrogen (secondary N) is 2. The number of aromatic amines is 1. The summed E-state index contributed by atoms with van der Waals surface area (Å²) in [7, 11) is 0. The number of carbonyl (C=O) groups is 1. The van der Waals surface area contributed by atoms with Crippen LogP contribution in [0, 0.1) is 0 Å². The number of nitrogens with two attached hydrogens (primary N) is 1. The number of H-pyrrole nitrogens is 1. The van der Waals surface area contributed by atoms with Crippen LogP contribution in [0.25, 0.3) is 27.9 Å². The first-order valence-electron chi connectivity index (χ1n) is 9.67. The standard InChI is InChI=1S/C20H21N7OS/c21-16-3-1-2-4-17(16)26-20(28)18-5-12(11-29-18)15-9-25-27-10-14(6-22-19(15)27)13-7-23-24-8-13/h5-11,16-17H,1-4,21H2,(H,23,24)(H,26,28). The van der Waals surface area contributed by atoms with Gasteiger partial charge in [0, 0.05) is 47.4 Å². The zero-order valence-electron chi connectivity index (χ0n) is 15.7. The van der Waals surface area contributed by atoms with Crippen molar-refractivity contribution in [2.24, 2.45) is 5.73 Å². The zero-order chi connectivity index (χ0) is 19.8. The number of fused-ring (bicyclic) bond motifs is 1. The predicted molar refractivity (Wildman–Crippen MR) is 112 cm³/mol. The van der Waals surface area contributed by atoms with Crippen molar-refractivity contribution in [3.05, 3.63) is 47.3 Å². The maximum atomic E-state index is 12.7. The molecule has 0 aliphatic heterocycles. The van der Waals surface area contributed by atoms with Crippen LogP contribution in [0.3, 0.4) is 0 Å². The van der Waals surface area contributed by atoms with E-state index in [1.54, 1.807) is 23.1 Å². The number of hydrogen-bond donors (Lipinski definition) is 3. The van der Waals surface area contributed by atoms with E-state index in [2.05, 4.69) is 25.6 Å². The SMILES string of the molecule is NC1CCCCC1NC(=O)c1cc(-c2cnn3cc(-c4cn[nH]c4)cnc23)cs1. The minimum absolute atomic E-state index is 0.0420. The lowest BCUT2D eigenvalue weighted by molar-refractivity contribution is 0.0925. The Morgan fingerprint density at radius 3 is 2.93 bits per heavy atom. The Kier molecular flexibility index (Phi) is 4.61. The average Bonchev–Trinajstić information content (AvgIpc) is 3.49. The summed E-state index contributed by atoms with van der Waals surface area (Å²) >= 11 is 1.43. The highest BCUT2D eigenvalue weighted by Gasteiger charge is 2.24. The van der Waals surface area contributed by atoms with E-state index in [9.17, 15) is 4.79 Å². The molecule has 0 radical (unpaired) electrons. The second kappa shape index (κ2) is 7.41. The monoisotopic (exact) mass is 407 g/mol. The lowest BCUT2D eigenvalue weighted by Crippen LogP contribution is -2.49. The van der Waals surface area contributed by atoms with Crippen molar-refractivity contribution >= 4 is 22.9 Å². The van der Waals surface area contributed by atoms with E-state index in [0.29, 0.717) is 4.88 Å². The van der Waals surface area contributed by atoms with Gasteiger partial charge in [0.25, 0.3) is 5.91 Å². The molecule has 5 rings (SSSR count). The Bertz CT molecular complexity index is 1150. The van der Waals surface area contributed by atoms with Crippen molar-refractivity contribution < 1.29 is 4.79 Å². The van der Waals surface area contributed by atoms with E-state index < -0.39 is 0 Å². The molecule has 1 saturated carbocycles. The van der Waals surface area contributed by atoms with Gasteiger partial charge in [0.05, 0.1) is 17.3 Å². The third-order valence-corrected chi connectivity index (χ3v) is 6.39. The molecule has 0 spiro atoms. The summed E-state index contributed by atoms with van der Waals surface area (Å²) in [6.07, 6.45) is 13.2. The molecule has 0 saturated heterocycles. The van der Waals surface area contributed by atoms with Crippen molar-refractivity contribution in [2.75, 3.05) is 0 Å². The van der Waals surface area contributed by atoms with Gasteiger partial charge in [0.2, 0.25) is 0 Å². The predicted octanol–water partition coefficient (Wildman–Crippen LogP) is 2.85. The molecule has 148 valence electrons. The molecule has 4 heterocycles. The minimum Gasteiger partial charge on any atom is -0.347 e. The van der Waals surface area contributed by atoms with Gasteiger partial charge in [-0.05, 0) is 29.9 Å². The third-order valence-electron chi connectivity index (χ3n) is 5.46. The third kappa shape index (κ3) is 3.43. The van der Waals surface area contributed by atoms with Crippen LogP contribution in [0.1, 0.15) is 35.4 Å². The van der Waals surface area contributed by atoms with E-state index >= 15 is 0 Å². The molecule has 2 unspecified atom stereocenters. The Morgan fingerprint density at radius 1 is 1.21 bits per heavy atom. The second-order valence-electron chi connectivity index (χ2n) is 7.38. The van der Waals surface area contributed by atoms with Gasteiger partial charge in [0.15, 0.2) is 5.65 Å². The lowest BCUT2D eigenvalue weighted by atomic mass is 9.91. The number of rotatable bonds is 4. The molecule has 8 nitrogen and oxygen atoms in total. The molecule has 1 aliphatic rings. The summed E-state index contributed by atoms with van der Waals surface area (Å²) in [5.41, 5.74) is 10.6. The van der Waals surface area contributed by atoms with E-state index in [1.807, 2.05) is 23.8 Å². The van der Waals surface area contributed by atoms with Gasteiger partial charge in [0.1, 0.15) is 0 Å². The van der Waals surface area contributed by atoms with Gasteiger partial charge in [-0.3, -0.25) is 9.89 Å². The zero-order valence-corrected chi connectivity index (χ0v) is 16.5. The van der Waals surface area contributed by atoms with Gasteiger partial charge in [-0.25, -0.2) is 9.50 Å². The normalized spacial score (nSPS) is 19.5. The molecule has 2 atom stereocenters. The fourth-order valence-corrected chi connectivity index (χ4v) is 4.62. The topological polar surface area (TPSA) is 114 Å². The van der Waals surface area contributed by atoms with Crippen molar-refractivity contribution in [3.8, 4) is 22.3 Å². The fraction of sp³-hybridized carbons (Fsp3) is 0.300. The summed E-state index contributed by atoms with van der Waals surface area (Å²) in [4.78, 5) is 17.9. The number of carbonyl (C=O) groups excluding carboxylic acids is 1. The molecule has 4 aromatic heterocycles. The van der Waals surface area contributed by atoms with Gasteiger partial charge in [-0.15, -0.1) is 11.3 Å². The summed E-state index contributed by atoms with van der Waals surface area (Å²) in [6.45, 7) is 0. The quantitative estimate of drug-likeness (QED) is 0.481. The molecule has 1 amide bonds. The average molecular weight is 408 g/mol. The van der Waals surface area contributed by atoms with Crippen LogP contribution in [0.2, 0.25) is 0 Å². The van der Waals surface area contributed by atoms with E-state index in [4.69, 9.17) is 5.73 Å². The Balaban J connectivity index is 1.38. The van der Waals surface area contributed by atoms with Gasteiger partial charge in [-0.2, -0.15) is 10.2 Å². The summed E-state index contributed by atoms with van der Waals surface area (Å²) in [5, 5.41) is 16.3. The molecule has 4 N–H and O–H groups in total. The number of hydrogen-bond acceptors (Lipinski definition) is 6. The van der Waals surface area contributed by atoms with Crippen LogP contribution in [0.15, 0.2) is 42.4 Å². The Hall–Kier alpha value is -3.04. The Labute approximate surface area is 171 Å². The number of thiophene rings is 1. The maximum absolute atomic E-state index is 12.7. The molecular formula is C20H21N7OS. The van der Waals surface area contributed by atoms with Crippen molar-refractivity contribution in [3.63, 3.8) is 0 Å². The number of aromatic nitrogens is 5. The van der Waals surface area contributed by atoms with Crippen molar-refractivity contribution in [1.82, 2.24) is 30.1 Å². The largest absolute Gasteiger partial charge is 0.347 e. The van der Waals surface area contributed by atoms with Gasteiger partial charge < -0.3 is 11.1 Å². The first kappa shape index (κ1) is 18.0. The van der Waals surface area contributed by atoms with Crippen molar-refractivity contribution in [1.29, 1.82) is 0 Å². The van der Waals surface area contributed by atoms with E-state index in [0.717, 1.165) is 53.6 Å². The Morgan fingerprint density at radius 2 is 2.10 bits per heavy atom. The van der Waals surface area contributed by atoms with E-state index in [-0.39, 0.29) is 18.0 Å². The van der Waals surface area contributed by atoms with Crippen LogP contribution in [0.5, 0.6) is 0 Å². The summed E-state index contributed by atoms with van der Waals surface area (Å²) in [6, 6.07) is 2.00. The summed E-state index contributed by atoms with van der Waals surface area (Å²) < 4.78 is 1.75. The van der Waals surface area contributed by atoms with Crippen LogP contribution in [-0.2, 0) is 0 Å². The fourth-order valence-electron chi connectivity index (χ4n) is 3.81. The summed E-state index contributed by atoms with van der Waals surface area (Å²) in [5.74, 6) is -0.0599. The van der Waals surface area contributed by atoms with Crippen molar-refractivity contribution in [2.45, 2.75) is 37.8 Å². The van der Waals surface area contributed by atoms with Crippen LogP contribution < -0.4 is 11.1 Å². The minimum atomic E-state index is -0.0599. The maximum Gasteiger partial charge on any atom is 0.261 e.